The minimum absolute atomic E-state index is 0.0192. The first kappa shape index (κ1) is 18.4. The molecule has 2 N–H and O–H groups in total. The van der Waals surface area contributed by atoms with Crippen LogP contribution in [0.2, 0.25) is 0 Å². The van der Waals surface area contributed by atoms with Gasteiger partial charge >= 0.3 is 5.97 Å². The van der Waals surface area contributed by atoms with Gasteiger partial charge in [-0.3, -0.25) is 9.59 Å². The van der Waals surface area contributed by atoms with Crippen LogP contribution in [0.15, 0.2) is 47.3 Å². The number of rotatable bonds is 8. The zero-order chi connectivity index (χ0) is 18.2. The molecule has 2 aromatic rings. The molecule has 1 aromatic carbocycles. The third-order valence-corrected chi connectivity index (χ3v) is 3.99. The van der Waals surface area contributed by atoms with Crippen molar-refractivity contribution >= 4 is 11.9 Å². The molecule has 0 saturated carbocycles. The van der Waals surface area contributed by atoms with Crippen LogP contribution in [0, 0.1) is 6.92 Å². The summed E-state index contributed by atoms with van der Waals surface area (Å²) in [6, 6.07) is 11.6. The molecule has 0 spiro atoms. The zero-order valence-electron chi connectivity index (χ0n) is 14.2. The van der Waals surface area contributed by atoms with Gasteiger partial charge in [-0.25, -0.2) is 4.79 Å². The van der Waals surface area contributed by atoms with Gasteiger partial charge in [-0.15, -0.1) is 0 Å². The Balaban J connectivity index is 1.70. The van der Waals surface area contributed by atoms with Crippen LogP contribution >= 0.6 is 0 Å². The van der Waals surface area contributed by atoms with E-state index in [1.165, 1.54) is 18.2 Å². The Morgan fingerprint density at radius 2 is 1.80 bits per heavy atom. The van der Waals surface area contributed by atoms with E-state index in [4.69, 9.17) is 5.11 Å². The number of carbonyl (C=O) groups is 2. The fraction of sp³-hybridized carbons (Fsp3) is 0.316. The molecule has 0 radical (unpaired) electrons. The van der Waals surface area contributed by atoms with Crippen molar-refractivity contribution in [2.45, 2.75) is 39.3 Å². The second-order valence-corrected chi connectivity index (χ2v) is 5.89. The lowest BCUT2D eigenvalue weighted by atomic mass is 10.1. The number of unbranched alkanes of at least 4 members (excludes halogenated alkanes) is 1. The predicted octanol–water partition coefficient (Wildman–Crippen LogP) is 2.34. The van der Waals surface area contributed by atoms with Gasteiger partial charge in [0, 0.05) is 31.3 Å². The predicted molar refractivity (Wildman–Crippen MR) is 94.5 cm³/mol. The van der Waals surface area contributed by atoms with Gasteiger partial charge in [0.05, 0.1) is 5.56 Å². The van der Waals surface area contributed by atoms with Crippen molar-refractivity contribution in [3.63, 3.8) is 0 Å². The first-order chi connectivity index (χ1) is 12.0. The van der Waals surface area contributed by atoms with Gasteiger partial charge in [0.1, 0.15) is 0 Å². The molecule has 2 rings (SSSR count). The molecule has 0 aliphatic carbocycles. The van der Waals surface area contributed by atoms with Gasteiger partial charge < -0.3 is 15.0 Å². The van der Waals surface area contributed by atoms with Crippen molar-refractivity contribution < 1.29 is 14.7 Å². The number of hydrogen-bond donors (Lipinski definition) is 2. The van der Waals surface area contributed by atoms with Gasteiger partial charge in [0.25, 0.3) is 5.56 Å². The number of hydrogen-bond acceptors (Lipinski definition) is 3. The zero-order valence-corrected chi connectivity index (χ0v) is 14.2. The molecular formula is C19H22N2O4. The number of aromatic carboxylic acids is 1. The van der Waals surface area contributed by atoms with Crippen molar-refractivity contribution in [2.75, 3.05) is 0 Å². The molecule has 0 fully saturated rings. The highest BCUT2D eigenvalue weighted by Crippen LogP contribution is 2.05. The second-order valence-electron chi connectivity index (χ2n) is 5.89. The highest BCUT2D eigenvalue weighted by atomic mass is 16.4. The third kappa shape index (κ3) is 5.60. The Kier molecular flexibility index (Phi) is 6.51. The molecule has 0 aliphatic rings. The standard InChI is InChI=1S/C19H22N2O4/c1-14-5-4-7-18(23)21(14)12-3-2-6-17(22)20-13-15-8-10-16(11-9-15)19(24)25/h4-5,7-11H,2-3,6,12-13H2,1H3,(H,20,22)(H,24,25). The van der Waals surface area contributed by atoms with Gasteiger partial charge in [0.15, 0.2) is 0 Å². The monoisotopic (exact) mass is 342 g/mol. The number of carbonyl (C=O) groups excluding carboxylic acids is 1. The minimum Gasteiger partial charge on any atom is -0.478 e. The van der Waals surface area contributed by atoms with Crippen molar-refractivity contribution in [2.24, 2.45) is 0 Å². The summed E-state index contributed by atoms with van der Waals surface area (Å²) in [4.78, 5) is 34.4. The molecule has 1 amide bonds. The Morgan fingerprint density at radius 1 is 1.08 bits per heavy atom. The minimum atomic E-state index is -0.969. The average molecular weight is 342 g/mol. The number of nitrogens with zero attached hydrogens (tertiary/aromatic N) is 1. The van der Waals surface area contributed by atoms with Crippen molar-refractivity contribution in [1.29, 1.82) is 0 Å². The highest BCUT2D eigenvalue weighted by molar-refractivity contribution is 5.87. The molecule has 0 saturated heterocycles. The molecule has 0 bridgehead atoms. The van der Waals surface area contributed by atoms with Crippen LogP contribution in [0.3, 0.4) is 0 Å². The number of amides is 1. The molecule has 0 atom stereocenters. The molecule has 6 heteroatoms. The molecule has 0 aliphatic heterocycles. The first-order valence-electron chi connectivity index (χ1n) is 8.23. The van der Waals surface area contributed by atoms with Gasteiger partial charge in [0.2, 0.25) is 5.91 Å². The summed E-state index contributed by atoms with van der Waals surface area (Å²) in [6.07, 6.45) is 1.85. The summed E-state index contributed by atoms with van der Waals surface area (Å²) in [7, 11) is 0. The summed E-state index contributed by atoms with van der Waals surface area (Å²) in [5.74, 6) is -1.03. The Bertz CT molecular complexity index is 794. The molecule has 6 nitrogen and oxygen atoms in total. The summed E-state index contributed by atoms with van der Waals surface area (Å²) in [5.41, 5.74) is 1.97. The molecule has 25 heavy (non-hydrogen) atoms. The Morgan fingerprint density at radius 3 is 2.44 bits per heavy atom. The highest BCUT2D eigenvalue weighted by Gasteiger charge is 2.05. The fourth-order valence-corrected chi connectivity index (χ4v) is 2.52. The number of benzene rings is 1. The maximum Gasteiger partial charge on any atom is 0.335 e. The lowest BCUT2D eigenvalue weighted by Gasteiger charge is -2.09. The van der Waals surface area contributed by atoms with Crippen LogP contribution in [0.5, 0.6) is 0 Å². The number of nitrogens with one attached hydrogen (secondary N) is 1. The normalized spacial score (nSPS) is 10.4. The van der Waals surface area contributed by atoms with Gasteiger partial charge in [-0.2, -0.15) is 0 Å². The summed E-state index contributed by atoms with van der Waals surface area (Å²) >= 11 is 0. The topological polar surface area (TPSA) is 88.4 Å². The van der Waals surface area contributed by atoms with E-state index < -0.39 is 5.97 Å². The van der Waals surface area contributed by atoms with Crippen LogP contribution in [0.1, 0.15) is 40.9 Å². The van der Waals surface area contributed by atoms with Crippen molar-refractivity contribution in [1.82, 2.24) is 9.88 Å². The fourth-order valence-electron chi connectivity index (χ4n) is 2.52. The van der Waals surface area contributed by atoms with E-state index in [9.17, 15) is 14.4 Å². The number of aryl methyl sites for hydroxylation is 1. The third-order valence-electron chi connectivity index (χ3n) is 3.99. The van der Waals surface area contributed by atoms with Crippen LogP contribution in [-0.4, -0.2) is 21.6 Å². The lowest BCUT2D eigenvalue weighted by molar-refractivity contribution is -0.121. The quantitative estimate of drug-likeness (QED) is 0.721. The lowest BCUT2D eigenvalue weighted by Crippen LogP contribution is -2.23. The maximum absolute atomic E-state index is 11.9. The second kappa shape index (κ2) is 8.82. The van der Waals surface area contributed by atoms with Crippen LogP contribution < -0.4 is 10.9 Å². The smallest absolute Gasteiger partial charge is 0.335 e. The van der Waals surface area contributed by atoms with Crippen LogP contribution in [0.25, 0.3) is 0 Å². The van der Waals surface area contributed by atoms with Gasteiger partial charge in [-0.1, -0.05) is 18.2 Å². The van der Waals surface area contributed by atoms with Gasteiger partial charge in [-0.05, 0) is 43.5 Å². The van der Waals surface area contributed by atoms with Crippen LogP contribution in [0.4, 0.5) is 0 Å². The largest absolute Gasteiger partial charge is 0.478 e. The van der Waals surface area contributed by atoms with Crippen LogP contribution in [-0.2, 0) is 17.9 Å². The van der Waals surface area contributed by atoms with Crippen molar-refractivity contribution in [3.8, 4) is 0 Å². The summed E-state index contributed by atoms with van der Waals surface area (Å²) < 4.78 is 1.71. The van der Waals surface area contributed by atoms with E-state index in [1.807, 2.05) is 13.0 Å². The summed E-state index contributed by atoms with van der Waals surface area (Å²) in [6.45, 7) is 2.87. The maximum atomic E-state index is 11.9. The number of aromatic nitrogens is 1. The number of pyridine rings is 1. The van der Waals surface area contributed by atoms with E-state index in [1.54, 1.807) is 22.8 Å². The molecule has 1 aromatic heterocycles. The van der Waals surface area contributed by atoms with E-state index in [2.05, 4.69) is 5.32 Å². The molecule has 132 valence electrons. The number of carboxylic acid groups (broad SMARTS) is 1. The average Bonchev–Trinajstić information content (AvgIpc) is 2.59. The first-order valence-corrected chi connectivity index (χ1v) is 8.23. The van der Waals surface area contributed by atoms with Crippen molar-refractivity contribution in [3.05, 3.63) is 69.6 Å². The van der Waals surface area contributed by atoms with E-state index in [-0.39, 0.29) is 17.0 Å². The molecule has 0 unspecified atom stereocenters. The van der Waals surface area contributed by atoms with E-state index >= 15 is 0 Å². The molecular weight excluding hydrogens is 320 g/mol. The Hall–Kier alpha value is -2.89. The molecule has 1 heterocycles. The summed E-state index contributed by atoms with van der Waals surface area (Å²) in [5, 5.41) is 11.7. The number of carboxylic acids is 1. The van der Waals surface area contributed by atoms with E-state index in [0.29, 0.717) is 25.9 Å². The SMILES string of the molecule is Cc1cccc(=O)n1CCCCC(=O)NCc1ccc(C(=O)O)cc1. The Labute approximate surface area is 146 Å². The van der Waals surface area contributed by atoms with E-state index in [0.717, 1.165) is 17.7 Å².